The Hall–Kier alpha value is -4.70. The van der Waals surface area contributed by atoms with E-state index in [0.29, 0.717) is 5.56 Å². The minimum Gasteiger partial charge on any atom is -0.507 e. The van der Waals surface area contributed by atoms with Gasteiger partial charge >= 0.3 is 0 Å². The lowest BCUT2D eigenvalue weighted by atomic mass is 9.93. The van der Waals surface area contributed by atoms with Gasteiger partial charge in [0.15, 0.2) is 5.76 Å². The van der Waals surface area contributed by atoms with Crippen LogP contribution in [0.25, 0.3) is 11.1 Å². The van der Waals surface area contributed by atoms with Crippen LogP contribution in [0, 0.1) is 17.1 Å². The van der Waals surface area contributed by atoms with E-state index in [4.69, 9.17) is 9.68 Å². The van der Waals surface area contributed by atoms with Gasteiger partial charge in [0.1, 0.15) is 17.6 Å². The number of halogens is 1. The van der Waals surface area contributed by atoms with Crippen LogP contribution in [-0.4, -0.2) is 23.3 Å². The van der Waals surface area contributed by atoms with Crippen LogP contribution < -0.4 is 5.32 Å². The van der Waals surface area contributed by atoms with Crippen LogP contribution in [0.4, 0.5) is 4.39 Å². The Morgan fingerprint density at radius 1 is 1.06 bits per heavy atom. The lowest BCUT2D eigenvalue weighted by Gasteiger charge is -2.12. The highest BCUT2D eigenvalue weighted by Crippen LogP contribution is 2.27. The predicted molar refractivity (Wildman–Crippen MR) is 132 cm³/mol. The Morgan fingerprint density at radius 3 is 2.47 bits per heavy atom. The summed E-state index contributed by atoms with van der Waals surface area (Å²) in [6.07, 6.45) is 2.20. The number of hydrogen-bond acceptors (Lipinski definition) is 5. The zero-order valence-corrected chi connectivity index (χ0v) is 19.5. The molecule has 0 saturated heterocycles. The summed E-state index contributed by atoms with van der Waals surface area (Å²) in [5, 5.41) is 21.1. The zero-order chi connectivity index (χ0) is 25.7. The van der Waals surface area contributed by atoms with E-state index >= 15 is 0 Å². The second-order valence-electron chi connectivity index (χ2n) is 8.47. The number of nitrogens with one attached hydrogen (secondary N) is 1. The van der Waals surface area contributed by atoms with Crippen LogP contribution in [0.15, 0.2) is 83.5 Å². The first kappa shape index (κ1) is 24.4. The normalized spacial score (nSPS) is 11.5. The van der Waals surface area contributed by atoms with E-state index < -0.39 is 11.7 Å². The minimum absolute atomic E-state index is 0.0298. The molecule has 0 aliphatic rings. The molecule has 3 aromatic carbocycles. The molecule has 180 valence electrons. The van der Waals surface area contributed by atoms with Gasteiger partial charge in [0.25, 0.3) is 5.91 Å². The Balaban J connectivity index is 1.41. The molecule has 36 heavy (non-hydrogen) atoms. The summed E-state index contributed by atoms with van der Waals surface area (Å²) in [5.74, 6) is -1.09. The second kappa shape index (κ2) is 10.7. The fourth-order valence-electron chi connectivity index (χ4n) is 3.95. The molecule has 1 atom stereocenters. The molecule has 1 amide bonds. The van der Waals surface area contributed by atoms with Gasteiger partial charge in [0.2, 0.25) is 5.78 Å². The van der Waals surface area contributed by atoms with E-state index in [0.717, 1.165) is 23.1 Å². The first-order valence-corrected chi connectivity index (χ1v) is 11.3. The molecule has 2 N–H and O–H groups in total. The van der Waals surface area contributed by atoms with Gasteiger partial charge in [-0.15, -0.1) is 0 Å². The summed E-state index contributed by atoms with van der Waals surface area (Å²) in [4.78, 5) is 25.2. The van der Waals surface area contributed by atoms with Gasteiger partial charge in [0.05, 0.1) is 18.4 Å². The molecule has 0 radical (unpaired) electrons. The molecule has 0 unspecified atom stereocenters. The maximum atomic E-state index is 13.2. The average Bonchev–Trinajstić information content (AvgIpc) is 3.38. The molecule has 0 aliphatic heterocycles. The summed E-state index contributed by atoms with van der Waals surface area (Å²) in [6.45, 7) is 1.79. The monoisotopic (exact) mass is 482 g/mol. The number of amides is 1. The van der Waals surface area contributed by atoms with Gasteiger partial charge < -0.3 is 14.8 Å². The smallest absolute Gasteiger partial charge is 0.251 e. The van der Waals surface area contributed by atoms with Crippen molar-refractivity contribution in [2.45, 2.75) is 19.3 Å². The number of ketones is 1. The molecule has 1 heterocycles. The standard InChI is InChI=1S/C29H23FN2O4/c1-18(20-6-9-24(30)10-7-20)14-19-2-4-21(5-3-19)25-12-13-36-28(25)27(34)17-32-29(35)22-8-11-26(33)23(15-22)16-31/h2-13,15,18,33H,14,17H2,1H3,(H,32,35)/t18-/m1/s1. The molecule has 1 aromatic heterocycles. The average molecular weight is 483 g/mol. The van der Waals surface area contributed by atoms with Gasteiger partial charge in [-0.1, -0.05) is 43.3 Å². The molecule has 0 fully saturated rings. The number of carbonyl (C=O) groups is 2. The van der Waals surface area contributed by atoms with Crippen LogP contribution in [0.5, 0.6) is 5.75 Å². The summed E-state index contributed by atoms with van der Waals surface area (Å²) in [6, 6.07) is 21.7. The Morgan fingerprint density at radius 2 is 1.78 bits per heavy atom. The van der Waals surface area contributed by atoms with Crippen LogP contribution in [0.2, 0.25) is 0 Å². The van der Waals surface area contributed by atoms with E-state index in [-0.39, 0.29) is 40.9 Å². The molecule has 0 bridgehead atoms. The van der Waals surface area contributed by atoms with Crippen molar-refractivity contribution in [1.29, 1.82) is 5.26 Å². The zero-order valence-electron chi connectivity index (χ0n) is 19.5. The lowest BCUT2D eigenvalue weighted by Crippen LogP contribution is -2.29. The first-order valence-electron chi connectivity index (χ1n) is 11.3. The number of rotatable bonds is 8. The molecule has 4 aromatic rings. The van der Waals surface area contributed by atoms with Gasteiger partial charge in [-0.25, -0.2) is 4.39 Å². The van der Waals surface area contributed by atoms with E-state index in [1.807, 2.05) is 24.3 Å². The van der Waals surface area contributed by atoms with Gasteiger partial charge in [-0.2, -0.15) is 5.26 Å². The van der Waals surface area contributed by atoms with Crippen molar-refractivity contribution in [1.82, 2.24) is 5.32 Å². The number of carbonyl (C=O) groups excluding carboxylic acids is 2. The quantitative estimate of drug-likeness (QED) is 0.317. The number of phenolic OH excluding ortho intramolecular Hbond substituents is 1. The summed E-state index contributed by atoms with van der Waals surface area (Å²) in [7, 11) is 0. The maximum Gasteiger partial charge on any atom is 0.251 e. The van der Waals surface area contributed by atoms with E-state index in [1.165, 1.54) is 36.6 Å². The second-order valence-corrected chi connectivity index (χ2v) is 8.47. The van der Waals surface area contributed by atoms with Crippen LogP contribution in [0.1, 0.15) is 50.4 Å². The number of nitrogens with zero attached hydrogens (tertiary/aromatic N) is 1. The van der Waals surface area contributed by atoms with Crippen LogP contribution in [-0.2, 0) is 6.42 Å². The number of furan rings is 1. The fraction of sp³-hybridized carbons (Fsp3) is 0.138. The fourth-order valence-corrected chi connectivity index (χ4v) is 3.95. The third-order valence-corrected chi connectivity index (χ3v) is 5.95. The van der Waals surface area contributed by atoms with Crippen molar-refractivity contribution in [3.63, 3.8) is 0 Å². The molecule has 7 heteroatoms. The van der Waals surface area contributed by atoms with Crippen LogP contribution in [0.3, 0.4) is 0 Å². The third-order valence-electron chi connectivity index (χ3n) is 5.95. The van der Waals surface area contributed by atoms with Gasteiger partial charge in [-0.05, 0) is 65.4 Å². The Labute approximate surface area is 207 Å². The van der Waals surface area contributed by atoms with Gasteiger partial charge in [-0.3, -0.25) is 9.59 Å². The predicted octanol–water partition coefficient (Wildman–Crippen LogP) is 5.62. The minimum atomic E-state index is -0.549. The number of benzene rings is 3. The van der Waals surface area contributed by atoms with E-state index in [2.05, 4.69) is 12.2 Å². The number of phenols is 1. The Kier molecular flexibility index (Phi) is 7.26. The van der Waals surface area contributed by atoms with E-state index in [9.17, 15) is 19.1 Å². The number of Topliss-reactive ketones (excluding diaryl/α,β-unsaturated/α-hetero) is 1. The first-order chi connectivity index (χ1) is 17.4. The summed E-state index contributed by atoms with van der Waals surface area (Å²) >= 11 is 0. The number of hydrogen-bond donors (Lipinski definition) is 2. The molecule has 0 spiro atoms. The number of aromatic hydroxyl groups is 1. The van der Waals surface area contributed by atoms with Crippen LogP contribution >= 0.6 is 0 Å². The molecule has 6 nitrogen and oxygen atoms in total. The lowest BCUT2D eigenvalue weighted by molar-refractivity contribution is 0.0893. The highest BCUT2D eigenvalue weighted by atomic mass is 19.1. The molecular weight excluding hydrogens is 459 g/mol. The maximum absolute atomic E-state index is 13.2. The highest BCUT2D eigenvalue weighted by molar-refractivity contribution is 6.04. The topological polar surface area (TPSA) is 103 Å². The highest BCUT2D eigenvalue weighted by Gasteiger charge is 2.19. The van der Waals surface area contributed by atoms with Crippen molar-refractivity contribution in [2.75, 3.05) is 6.54 Å². The van der Waals surface area contributed by atoms with Crippen molar-refractivity contribution in [2.24, 2.45) is 0 Å². The number of nitriles is 1. The summed E-state index contributed by atoms with van der Waals surface area (Å²) < 4.78 is 18.6. The van der Waals surface area contributed by atoms with Gasteiger partial charge in [0, 0.05) is 11.1 Å². The molecule has 0 aliphatic carbocycles. The third kappa shape index (κ3) is 5.50. The largest absolute Gasteiger partial charge is 0.507 e. The molecular formula is C29H23FN2O4. The van der Waals surface area contributed by atoms with Crippen molar-refractivity contribution < 1.29 is 23.5 Å². The van der Waals surface area contributed by atoms with Crippen molar-refractivity contribution in [3.8, 4) is 22.9 Å². The SMILES string of the molecule is C[C@H](Cc1ccc(-c2ccoc2C(=O)CNC(=O)c2ccc(O)c(C#N)c2)cc1)c1ccc(F)cc1. The van der Waals surface area contributed by atoms with Crippen molar-refractivity contribution >= 4 is 11.7 Å². The summed E-state index contributed by atoms with van der Waals surface area (Å²) in [5.41, 5.74) is 3.70. The molecule has 4 rings (SSSR count). The van der Waals surface area contributed by atoms with Crippen molar-refractivity contribution in [3.05, 3.63) is 113 Å². The van der Waals surface area contributed by atoms with E-state index in [1.54, 1.807) is 24.3 Å². The Bertz CT molecular complexity index is 1430. The molecule has 0 saturated carbocycles.